The van der Waals surface area contributed by atoms with Crippen molar-refractivity contribution < 1.29 is 13.2 Å². The van der Waals surface area contributed by atoms with Crippen LogP contribution < -0.4 is 9.64 Å². The number of aryl methyl sites for hydroxylation is 1. The SMILES string of the molecule is CCOc1ccc(N2CCN(S(=O)(=O)c3ccc(C)c(Cl)c3)CC2)cc1. The van der Waals surface area contributed by atoms with Crippen LogP contribution in [-0.2, 0) is 10.0 Å². The van der Waals surface area contributed by atoms with Gasteiger partial charge in [0.2, 0.25) is 10.0 Å². The third-order valence-electron chi connectivity index (χ3n) is 4.53. The van der Waals surface area contributed by atoms with Crippen LogP contribution in [0.3, 0.4) is 0 Å². The number of benzene rings is 2. The van der Waals surface area contributed by atoms with E-state index in [4.69, 9.17) is 16.3 Å². The average Bonchev–Trinajstić information content (AvgIpc) is 2.65. The number of piperazine rings is 1. The van der Waals surface area contributed by atoms with Gasteiger partial charge in [-0.05, 0) is 55.8 Å². The summed E-state index contributed by atoms with van der Waals surface area (Å²) in [5.74, 6) is 0.841. The molecule has 140 valence electrons. The summed E-state index contributed by atoms with van der Waals surface area (Å²) in [6.45, 7) is 6.63. The van der Waals surface area contributed by atoms with Crippen molar-refractivity contribution in [3.05, 3.63) is 53.1 Å². The molecule has 0 unspecified atom stereocenters. The second-order valence-electron chi connectivity index (χ2n) is 6.23. The normalized spacial score (nSPS) is 15.9. The van der Waals surface area contributed by atoms with Gasteiger partial charge >= 0.3 is 0 Å². The molecule has 0 saturated carbocycles. The third-order valence-corrected chi connectivity index (χ3v) is 6.83. The molecular formula is C19H23ClN2O3S. The highest BCUT2D eigenvalue weighted by molar-refractivity contribution is 7.89. The standard InChI is InChI=1S/C19H23ClN2O3S/c1-3-25-17-7-5-16(6-8-17)21-10-12-22(13-11-21)26(23,24)18-9-4-15(2)19(20)14-18/h4-9,14H,3,10-13H2,1-2H3. The summed E-state index contributed by atoms with van der Waals surface area (Å²) >= 11 is 6.10. The monoisotopic (exact) mass is 394 g/mol. The van der Waals surface area contributed by atoms with Crippen LogP contribution >= 0.6 is 11.6 Å². The molecule has 26 heavy (non-hydrogen) atoms. The highest BCUT2D eigenvalue weighted by Crippen LogP contribution is 2.25. The lowest BCUT2D eigenvalue weighted by atomic mass is 10.2. The minimum Gasteiger partial charge on any atom is -0.494 e. The molecule has 0 aromatic heterocycles. The predicted octanol–water partition coefficient (Wildman–Crippen LogP) is 3.56. The van der Waals surface area contributed by atoms with Crippen molar-refractivity contribution in [3.8, 4) is 5.75 Å². The Hall–Kier alpha value is -1.76. The van der Waals surface area contributed by atoms with Crippen molar-refractivity contribution in [3.63, 3.8) is 0 Å². The molecule has 5 nitrogen and oxygen atoms in total. The van der Waals surface area contributed by atoms with Gasteiger partial charge in [-0.15, -0.1) is 0 Å². The van der Waals surface area contributed by atoms with E-state index in [1.165, 1.54) is 10.4 Å². The molecule has 1 heterocycles. The van der Waals surface area contributed by atoms with Crippen molar-refractivity contribution in [1.29, 1.82) is 0 Å². The summed E-state index contributed by atoms with van der Waals surface area (Å²) in [6, 6.07) is 12.8. The van der Waals surface area contributed by atoms with Gasteiger partial charge in [0, 0.05) is 36.9 Å². The number of halogens is 1. The van der Waals surface area contributed by atoms with E-state index in [9.17, 15) is 8.42 Å². The number of hydrogen-bond donors (Lipinski definition) is 0. The van der Waals surface area contributed by atoms with Crippen LogP contribution in [0.15, 0.2) is 47.4 Å². The Bertz CT molecular complexity index is 861. The van der Waals surface area contributed by atoms with Gasteiger partial charge < -0.3 is 9.64 Å². The van der Waals surface area contributed by atoms with Crippen LogP contribution in [0.4, 0.5) is 5.69 Å². The lowest BCUT2D eigenvalue weighted by Crippen LogP contribution is -2.48. The number of hydrogen-bond acceptors (Lipinski definition) is 4. The van der Waals surface area contributed by atoms with Crippen LogP contribution in [0.1, 0.15) is 12.5 Å². The zero-order chi connectivity index (χ0) is 18.7. The Kier molecular flexibility index (Phi) is 5.75. The molecule has 1 saturated heterocycles. The fourth-order valence-electron chi connectivity index (χ4n) is 2.99. The van der Waals surface area contributed by atoms with E-state index >= 15 is 0 Å². The van der Waals surface area contributed by atoms with E-state index in [0.717, 1.165) is 17.0 Å². The molecule has 0 bridgehead atoms. The second-order valence-corrected chi connectivity index (χ2v) is 8.57. The van der Waals surface area contributed by atoms with Gasteiger partial charge in [-0.3, -0.25) is 0 Å². The molecule has 0 spiro atoms. The molecule has 2 aromatic rings. The van der Waals surface area contributed by atoms with Gasteiger partial charge in [-0.1, -0.05) is 17.7 Å². The van der Waals surface area contributed by atoms with E-state index in [-0.39, 0.29) is 4.90 Å². The first-order valence-corrected chi connectivity index (χ1v) is 10.5. The summed E-state index contributed by atoms with van der Waals surface area (Å²) in [7, 11) is -3.52. The second kappa shape index (κ2) is 7.86. The summed E-state index contributed by atoms with van der Waals surface area (Å²) in [5.41, 5.74) is 1.94. The summed E-state index contributed by atoms with van der Waals surface area (Å²) in [6.07, 6.45) is 0. The number of ether oxygens (including phenoxy) is 1. The highest BCUT2D eigenvalue weighted by Gasteiger charge is 2.28. The quantitative estimate of drug-likeness (QED) is 0.778. The summed E-state index contributed by atoms with van der Waals surface area (Å²) < 4.78 is 32.7. The average molecular weight is 395 g/mol. The summed E-state index contributed by atoms with van der Waals surface area (Å²) in [5, 5.41) is 0.471. The number of rotatable bonds is 5. The molecule has 1 aliphatic heterocycles. The van der Waals surface area contributed by atoms with E-state index in [0.29, 0.717) is 37.8 Å². The van der Waals surface area contributed by atoms with Crippen LogP contribution in [0.2, 0.25) is 5.02 Å². The first-order chi connectivity index (χ1) is 12.4. The molecule has 0 amide bonds. The van der Waals surface area contributed by atoms with Crippen molar-refractivity contribution in [2.75, 3.05) is 37.7 Å². The van der Waals surface area contributed by atoms with Crippen LogP contribution in [0.5, 0.6) is 5.75 Å². The number of nitrogens with zero attached hydrogens (tertiary/aromatic N) is 2. The molecule has 0 N–H and O–H groups in total. The van der Waals surface area contributed by atoms with E-state index < -0.39 is 10.0 Å². The maximum Gasteiger partial charge on any atom is 0.243 e. The van der Waals surface area contributed by atoms with Gasteiger partial charge in [-0.25, -0.2) is 8.42 Å². The Morgan fingerprint density at radius 1 is 1.04 bits per heavy atom. The zero-order valence-electron chi connectivity index (χ0n) is 15.0. The fraction of sp³-hybridized carbons (Fsp3) is 0.368. The van der Waals surface area contributed by atoms with Crippen molar-refractivity contribution in [2.24, 2.45) is 0 Å². The minimum absolute atomic E-state index is 0.252. The first-order valence-electron chi connectivity index (χ1n) is 8.66. The Labute approximate surface area is 160 Å². The predicted molar refractivity (Wildman–Crippen MR) is 105 cm³/mol. The molecule has 1 fully saturated rings. The summed E-state index contributed by atoms with van der Waals surface area (Å²) in [4.78, 5) is 2.44. The maximum atomic E-state index is 12.8. The van der Waals surface area contributed by atoms with Gasteiger partial charge in [-0.2, -0.15) is 4.31 Å². The van der Waals surface area contributed by atoms with Gasteiger partial charge in [0.25, 0.3) is 0 Å². The molecule has 2 aromatic carbocycles. The van der Waals surface area contributed by atoms with Crippen molar-refractivity contribution in [2.45, 2.75) is 18.7 Å². The lowest BCUT2D eigenvalue weighted by molar-refractivity contribution is 0.340. The van der Waals surface area contributed by atoms with Crippen LogP contribution in [-0.4, -0.2) is 45.5 Å². The highest BCUT2D eigenvalue weighted by atomic mass is 35.5. The van der Waals surface area contributed by atoms with Crippen LogP contribution in [0.25, 0.3) is 0 Å². The Morgan fingerprint density at radius 3 is 2.27 bits per heavy atom. The molecule has 7 heteroatoms. The number of sulfonamides is 1. The topological polar surface area (TPSA) is 49.9 Å². The largest absolute Gasteiger partial charge is 0.494 e. The van der Waals surface area contributed by atoms with Gasteiger partial charge in [0.15, 0.2) is 0 Å². The molecule has 0 atom stereocenters. The molecule has 3 rings (SSSR count). The Balaban J connectivity index is 1.68. The first kappa shape index (κ1) is 19.0. The number of anilines is 1. The molecule has 0 radical (unpaired) electrons. The zero-order valence-corrected chi connectivity index (χ0v) is 16.6. The van der Waals surface area contributed by atoms with Crippen LogP contribution in [0, 0.1) is 6.92 Å². The smallest absolute Gasteiger partial charge is 0.243 e. The minimum atomic E-state index is -3.52. The maximum absolute atomic E-state index is 12.8. The van der Waals surface area contributed by atoms with E-state index in [1.807, 2.05) is 38.1 Å². The molecule has 1 aliphatic rings. The van der Waals surface area contributed by atoms with E-state index in [1.54, 1.807) is 12.1 Å². The molecule has 0 aliphatic carbocycles. The van der Waals surface area contributed by atoms with E-state index in [2.05, 4.69) is 4.90 Å². The van der Waals surface area contributed by atoms with Crippen molar-refractivity contribution in [1.82, 2.24) is 4.31 Å². The van der Waals surface area contributed by atoms with Crippen molar-refractivity contribution >= 4 is 27.3 Å². The van der Waals surface area contributed by atoms with Gasteiger partial charge in [0.1, 0.15) is 5.75 Å². The lowest BCUT2D eigenvalue weighted by Gasteiger charge is -2.35. The fourth-order valence-corrected chi connectivity index (χ4v) is 4.68. The Morgan fingerprint density at radius 2 is 1.69 bits per heavy atom. The van der Waals surface area contributed by atoms with Gasteiger partial charge in [0.05, 0.1) is 11.5 Å². The molecular weight excluding hydrogens is 372 g/mol. The third kappa shape index (κ3) is 3.98.